The second-order valence-corrected chi connectivity index (χ2v) is 10.8. The average Bonchev–Trinajstić information content (AvgIpc) is 3.52. The number of benzene rings is 2. The van der Waals surface area contributed by atoms with Crippen molar-refractivity contribution in [2.45, 2.75) is 63.7 Å². The maximum atomic E-state index is 13.9. The van der Waals surface area contributed by atoms with E-state index in [0.717, 1.165) is 36.3 Å². The van der Waals surface area contributed by atoms with E-state index >= 15 is 0 Å². The molecule has 1 fully saturated rings. The highest BCUT2D eigenvalue weighted by molar-refractivity contribution is 6.11. The summed E-state index contributed by atoms with van der Waals surface area (Å²) >= 11 is 0. The molecular formula is C28H34N2O6. The van der Waals surface area contributed by atoms with Gasteiger partial charge in [-0.3, -0.25) is 4.79 Å². The molecule has 3 aliphatic heterocycles. The second-order valence-electron chi connectivity index (χ2n) is 10.8. The number of fused-ring (bicyclic) bond motifs is 4. The van der Waals surface area contributed by atoms with Crippen LogP contribution in [0.5, 0.6) is 11.5 Å². The van der Waals surface area contributed by atoms with Gasteiger partial charge < -0.3 is 29.2 Å². The van der Waals surface area contributed by atoms with Gasteiger partial charge in [0, 0.05) is 23.9 Å². The Morgan fingerprint density at radius 1 is 1.22 bits per heavy atom. The summed E-state index contributed by atoms with van der Waals surface area (Å²) in [5, 5.41) is 2.77. The molecular weight excluding hydrogens is 460 g/mol. The predicted molar refractivity (Wildman–Crippen MR) is 135 cm³/mol. The molecule has 2 amide bonds. The van der Waals surface area contributed by atoms with Crippen molar-refractivity contribution < 1.29 is 28.5 Å². The van der Waals surface area contributed by atoms with Gasteiger partial charge in [0.1, 0.15) is 35.7 Å². The highest BCUT2D eigenvalue weighted by atomic mass is 16.6. The SMILES string of the molecule is CC(COc1ccc2c(c1)OCC21C(=O)N(C[C@H]2CCCO2)c2ccccc21)NC(=O)OC(C)(C)C. The largest absolute Gasteiger partial charge is 0.491 e. The first-order chi connectivity index (χ1) is 17.2. The maximum absolute atomic E-state index is 13.9. The quantitative estimate of drug-likeness (QED) is 0.648. The molecule has 2 aromatic rings. The van der Waals surface area contributed by atoms with E-state index in [1.165, 1.54) is 0 Å². The molecule has 36 heavy (non-hydrogen) atoms. The molecule has 2 aromatic carbocycles. The van der Waals surface area contributed by atoms with E-state index in [2.05, 4.69) is 5.32 Å². The summed E-state index contributed by atoms with van der Waals surface area (Å²) in [6, 6.07) is 13.3. The van der Waals surface area contributed by atoms with Gasteiger partial charge in [0.2, 0.25) is 5.91 Å². The Kier molecular flexibility index (Phi) is 6.32. The molecule has 5 rings (SSSR count). The predicted octanol–water partition coefficient (Wildman–Crippen LogP) is 4.18. The van der Waals surface area contributed by atoms with Crippen molar-refractivity contribution in [3.63, 3.8) is 0 Å². The first-order valence-electron chi connectivity index (χ1n) is 12.6. The fourth-order valence-electron chi connectivity index (χ4n) is 5.20. The number of para-hydroxylation sites is 1. The van der Waals surface area contributed by atoms with Crippen LogP contribution >= 0.6 is 0 Å². The Morgan fingerprint density at radius 2 is 2.03 bits per heavy atom. The number of amides is 2. The van der Waals surface area contributed by atoms with Crippen molar-refractivity contribution in [3.05, 3.63) is 53.6 Å². The first-order valence-corrected chi connectivity index (χ1v) is 12.6. The van der Waals surface area contributed by atoms with Crippen molar-refractivity contribution in [2.24, 2.45) is 0 Å². The summed E-state index contributed by atoms with van der Waals surface area (Å²) < 4.78 is 23.1. The third kappa shape index (κ3) is 4.50. The Hall–Kier alpha value is -3.26. The van der Waals surface area contributed by atoms with E-state index < -0.39 is 17.1 Å². The van der Waals surface area contributed by atoms with Gasteiger partial charge in [-0.1, -0.05) is 24.3 Å². The Balaban J connectivity index is 1.32. The summed E-state index contributed by atoms with van der Waals surface area (Å²) in [4.78, 5) is 27.8. The van der Waals surface area contributed by atoms with Gasteiger partial charge in [-0.15, -0.1) is 0 Å². The molecule has 0 aliphatic carbocycles. The monoisotopic (exact) mass is 494 g/mol. The highest BCUT2D eigenvalue weighted by Gasteiger charge is 2.57. The minimum atomic E-state index is -0.866. The van der Waals surface area contributed by atoms with Crippen LogP contribution in [0.1, 0.15) is 51.7 Å². The van der Waals surface area contributed by atoms with Gasteiger partial charge in [-0.25, -0.2) is 4.79 Å². The summed E-state index contributed by atoms with van der Waals surface area (Å²) in [5.74, 6) is 1.28. The summed E-state index contributed by atoms with van der Waals surface area (Å²) in [7, 11) is 0. The van der Waals surface area contributed by atoms with Crippen LogP contribution in [0.15, 0.2) is 42.5 Å². The van der Waals surface area contributed by atoms with Gasteiger partial charge in [-0.2, -0.15) is 0 Å². The molecule has 0 radical (unpaired) electrons. The number of nitrogens with zero attached hydrogens (tertiary/aromatic N) is 1. The number of anilines is 1. The standard InChI is InChI=1S/C28H34N2O6/c1-18(29-26(32)36-27(2,3)4)16-34-19-11-12-22-24(14-19)35-17-28(22)21-9-5-6-10-23(21)30(25(28)31)15-20-8-7-13-33-20/h5-6,9-12,14,18,20H,7-8,13,15-17H2,1-4H3,(H,29,32)/t18?,20-,28?/m1/s1. The molecule has 3 atom stereocenters. The maximum Gasteiger partial charge on any atom is 0.407 e. The molecule has 8 heteroatoms. The van der Waals surface area contributed by atoms with Crippen molar-refractivity contribution >= 4 is 17.7 Å². The van der Waals surface area contributed by atoms with Crippen LogP contribution in [0.4, 0.5) is 10.5 Å². The number of alkyl carbamates (subject to hydrolysis) is 1. The molecule has 2 unspecified atom stereocenters. The third-order valence-corrected chi connectivity index (χ3v) is 6.80. The lowest BCUT2D eigenvalue weighted by atomic mass is 9.77. The van der Waals surface area contributed by atoms with Gasteiger partial charge in [-0.05, 0) is 58.2 Å². The van der Waals surface area contributed by atoms with E-state index in [1.54, 1.807) is 0 Å². The number of rotatable bonds is 6. The van der Waals surface area contributed by atoms with E-state index in [4.69, 9.17) is 18.9 Å². The van der Waals surface area contributed by atoms with E-state index in [9.17, 15) is 9.59 Å². The molecule has 192 valence electrons. The van der Waals surface area contributed by atoms with Crippen LogP contribution in [-0.4, -0.2) is 56.1 Å². The smallest absolute Gasteiger partial charge is 0.407 e. The second kappa shape index (κ2) is 9.32. The van der Waals surface area contributed by atoms with Crippen LogP contribution < -0.4 is 19.7 Å². The van der Waals surface area contributed by atoms with E-state index in [-0.39, 0.29) is 31.3 Å². The summed E-state index contributed by atoms with van der Waals surface area (Å²) in [5.41, 5.74) is 1.32. The number of nitrogens with one attached hydrogen (secondary N) is 1. The molecule has 1 spiro atoms. The van der Waals surface area contributed by atoms with Crippen LogP contribution in [-0.2, 0) is 19.7 Å². The molecule has 3 aliphatic rings. The molecule has 1 saturated heterocycles. The Labute approximate surface area is 211 Å². The molecule has 0 bridgehead atoms. The van der Waals surface area contributed by atoms with Gasteiger partial charge in [0.05, 0.1) is 18.7 Å². The number of carbonyl (C=O) groups excluding carboxylic acids is 2. The Bertz CT molecular complexity index is 1150. The van der Waals surface area contributed by atoms with Gasteiger partial charge >= 0.3 is 6.09 Å². The highest BCUT2D eigenvalue weighted by Crippen LogP contribution is 2.53. The number of ether oxygens (including phenoxy) is 4. The normalized spacial score (nSPS) is 23.3. The topological polar surface area (TPSA) is 86.3 Å². The van der Waals surface area contributed by atoms with Gasteiger partial charge in [0.25, 0.3) is 0 Å². The molecule has 0 saturated carbocycles. The van der Waals surface area contributed by atoms with Crippen molar-refractivity contribution in [2.75, 3.05) is 31.3 Å². The van der Waals surface area contributed by atoms with Crippen LogP contribution in [0.3, 0.4) is 0 Å². The minimum Gasteiger partial charge on any atom is -0.491 e. The number of hydrogen-bond donors (Lipinski definition) is 1. The van der Waals surface area contributed by atoms with Crippen molar-refractivity contribution in [1.29, 1.82) is 0 Å². The first kappa shape index (κ1) is 24.4. The van der Waals surface area contributed by atoms with Gasteiger partial charge in [0.15, 0.2) is 0 Å². The summed E-state index contributed by atoms with van der Waals surface area (Å²) in [6.45, 7) is 9.12. The van der Waals surface area contributed by atoms with Crippen LogP contribution in [0, 0.1) is 0 Å². The zero-order valence-corrected chi connectivity index (χ0v) is 21.3. The van der Waals surface area contributed by atoms with E-state index in [0.29, 0.717) is 18.0 Å². The number of hydrogen-bond acceptors (Lipinski definition) is 6. The molecule has 1 N–H and O–H groups in total. The lowest BCUT2D eigenvalue weighted by Gasteiger charge is -2.25. The summed E-state index contributed by atoms with van der Waals surface area (Å²) in [6.07, 6.45) is 1.57. The molecule has 8 nitrogen and oxygen atoms in total. The fourth-order valence-corrected chi connectivity index (χ4v) is 5.20. The Morgan fingerprint density at radius 3 is 2.78 bits per heavy atom. The van der Waals surface area contributed by atoms with Crippen LogP contribution in [0.2, 0.25) is 0 Å². The fraction of sp³-hybridized carbons (Fsp3) is 0.500. The molecule has 3 heterocycles. The van der Waals surface area contributed by atoms with Crippen LogP contribution in [0.25, 0.3) is 0 Å². The zero-order valence-electron chi connectivity index (χ0n) is 21.3. The van der Waals surface area contributed by atoms with Crippen molar-refractivity contribution in [3.8, 4) is 11.5 Å². The van der Waals surface area contributed by atoms with E-state index in [1.807, 2.05) is 75.1 Å². The lowest BCUT2D eigenvalue weighted by Crippen LogP contribution is -2.44. The minimum absolute atomic E-state index is 0.0294. The van der Waals surface area contributed by atoms with Crippen molar-refractivity contribution in [1.82, 2.24) is 5.32 Å². The number of carbonyl (C=O) groups is 2. The average molecular weight is 495 g/mol. The third-order valence-electron chi connectivity index (χ3n) is 6.80. The lowest BCUT2D eigenvalue weighted by molar-refractivity contribution is -0.122. The zero-order chi connectivity index (χ0) is 25.5. The molecule has 0 aromatic heterocycles.